The van der Waals surface area contributed by atoms with Gasteiger partial charge in [0.2, 0.25) is 0 Å². The molecule has 6 nitrogen and oxygen atoms in total. The highest BCUT2D eigenvalue weighted by Gasteiger charge is 2.31. The van der Waals surface area contributed by atoms with Gasteiger partial charge in [-0.15, -0.1) is 0 Å². The number of nitrogens with zero attached hydrogens (tertiary/aromatic N) is 6. The molecule has 31 heavy (non-hydrogen) atoms. The minimum atomic E-state index is -0.845. The van der Waals surface area contributed by atoms with E-state index in [0.717, 1.165) is 72.1 Å². The minimum Gasteiger partial charge on any atom is -0.356 e. The predicted molar refractivity (Wildman–Crippen MR) is 122 cm³/mol. The van der Waals surface area contributed by atoms with Crippen molar-refractivity contribution in [2.75, 3.05) is 37.6 Å². The predicted octanol–water partition coefficient (Wildman–Crippen LogP) is 4.04. The van der Waals surface area contributed by atoms with E-state index in [1.165, 1.54) is 0 Å². The van der Waals surface area contributed by atoms with Crippen LogP contribution in [0.2, 0.25) is 0 Å². The summed E-state index contributed by atoms with van der Waals surface area (Å²) in [6.45, 7) is 12.8. The Balaban J connectivity index is 1.53. The Morgan fingerprint density at radius 2 is 1.84 bits per heavy atom. The molecule has 0 radical (unpaired) electrons. The van der Waals surface area contributed by atoms with E-state index < -0.39 is 6.17 Å². The number of likely N-dealkylation sites (tertiary alicyclic amines) is 1. The molecule has 2 aliphatic heterocycles. The van der Waals surface area contributed by atoms with E-state index in [0.29, 0.717) is 12.5 Å². The van der Waals surface area contributed by atoms with Gasteiger partial charge in [-0.05, 0) is 62.5 Å². The van der Waals surface area contributed by atoms with E-state index in [-0.39, 0.29) is 5.92 Å². The molecule has 2 saturated heterocycles. The molecule has 2 unspecified atom stereocenters. The van der Waals surface area contributed by atoms with E-state index in [1.807, 2.05) is 23.9 Å². The first kappa shape index (κ1) is 20.4. The van der Waals surface area contributed by atoms with Crippen molar-refractivity contribution in [1.82, 2.24) is 24.6 Å². The molecular formula is C24H31FN6. The van der Waals surface area contributed by atoms with Gasteiger partial charge in [0.1, 0.15) is 17.8 Å². The van der Waals surface area contributed by atoms with Gasteiger partial charge in [0.25, 0.3) is 0 Å². The zero-order valence-electron chi connectivity index (χ0n) is 18.8. The summed E-state index contributed by atoms with van der Waals surface area (Å²) in [4.78, 5) is 13.8. The molecule has 0 saturated carbocycles. The average Bonchev–Trinajstić information content (AvgIpc) is 3.13. The Kier molecular flexibility index (Phi) is 5.16. The second-order valence-electron chi connectivity index (χ2n) is 9.27. The number of hydrogen-bond acceptors (Lipinski definition) is 5. The molecule has 0 bridgehead atoms. The number of aryl methyl sites for hydroxylation is 2. The van der Waals surface area contributed by atoms with Crippen molar-refractivity contribution < 1.29 is 4.39 Å². The number of fused-ring (bicyclic) bond motifs is 1. The van der Waals surface area contributed by atoms with Crippen LogP contribution >= 0.6 is 0 Å². The molecule has 2 fully saturated rings. The van der Waals surface area contributed by atoms with Gasteiger partial charge in [-0.2, -0.15) is 5.10 Å². The van der Waals surface area contributed by atoms with Gasteiger partial charge >= 0.3 is 0 Å². The van der Waals surface area contributed by atoms with E-state index in [9.17, 15) is 0 Å². The van der Waals surface area contributed by atoms with Crippen LogP contribution in [0.1, 0.15) is 43.1 Å². The average molecular weight is 423 g/mol. The summed E-state index contributed by atoms with van der Waals surface area (Å²) in [6.07, 6.45) is 1.88. The van der Waals surface area contributed by atoms with Crippen molar-refractivity contribution in [3.05, 3.63) is 41.3 Å². The molecule has 1 aromatic carbocycles. The van der Waals surface area contributed by atoms with Gasteiger partial charge in [0, 0.05) is 37.0 Å². The number of alkyl halides is 1. The van der Waals surface area contributed by atoms with Crippen LogP contribution in [0.3, 0.4) is 0 Å². The molecule has 5 rings (SSSR count). The third-order valence-corrected chi connectivity index (χ3v) is 6.84. The molecule has 4 heterocycles. The number of anilines is 1. The molecule has 0 spiro atoms. The first-order valence-electron chi connectivity index (χ1n) is 11.4. The molecule has 3 aromatic rings. The Morgan fingerprint density at radius 3 is 2.55 bits per heavy atom. The SMILES string of the molecule is CCN1CCC(c2cc3c(cnn3-c3cc(N4CC(C)C4)nc(C)n3)cc2C)C(F)C1. The largest absolute Gasteiger partial charge is 0.356 e. The molecule has 7 heteroatoms. The van der Waals surface area contributed by atoms with E-state index in [4.69, 9.17) is 0 Å². The van der Waals surface area contributed by atoms with Gasteiger partial charge in [0.15, 0.2) is 5.82 Å². The molecule has 0 aliphatic carbocycles. The van der Waals surface area contributed by atoms with Gasteiger partial charge in [-0.1, -0.05) is 13.8 Å². The van der Waals surface area contributed by atoms with E-state index in [2.05, 4.69) is 57.8 Å². The highest BCUT2D eigenvalue weighted by molar-refractivity contribution is 5.82. The topological polar surface area (TPSA) is 50.1 Å². The fourth-order valence-corrected chi connectivity index (χ4v) is 5.08. The Hall–Kier alpha value is -2.54. The van der Waals surface area contributed by atoms with Crippen molar-refractivity contribution in [3.63, 3.8) is 0 Å². The highest BCUT2D eigenvalue weighted by atomic mass is 19.1. The summed E-state index contributed by atoms with van der Waals surface area (Å²) < 4.78 is 17.0. The van der Waals surface area contributed by atoms with Gasteiger partial charge in [-0.3, -0.25) is 0 Å². The lowest BCUT2D eigenvalue weighted by molar-refractivity contribution is 0.122. The van der Waals surface area contributed by atoms with E-state index >= 15 is 4.39 Å². The zero-order chi connectivity index (χ0) is 21.7. The lowest BCUT2D eigenvalue weighted by atomic mass is 9.85. The number of halogens is 1. The maximum absolute atomic E-state index is 15.1. The maximum Gasteiger partial charge on any atom is 0.159 e. The second kappa shape index (κ2) is 7.86. The number of piperidine rings is 1. The van der Waals surface area contributed by atoms with Crippen LogP contribution in [0.4, 0.5) is 10.2 Å². The van der Waals surface area contributed by atoms with Gasteiger partial charge in [0.05, 0.1) is 11.7 Å². The van der Waals surface area contributed by atoms with Gasteiger partial charge < -0.3 is 9.80 Å². The second-order valence-corrected chi connectivity index (χ2v) is 9.27. The lowest BCUT2D eigenvalue weighted by Gasteiger charge is -2.38. The number of aromatic nitrogens is 4. The van der Waals surface area contributed by atoms with Crippen LogP contribution in [-0.4, -0.2) is 63.5 Å². The normalized spacial score (nSPS) is 22.8. The first-order valence-corrected chi connectivity index (χ1v) is 11.4. The Bertz CT molecular complexity index is 1100. The maximum atomic E-state index is 15.1. The Morgan fingerprint density at radius 1 is 1.06 bits per heavy atom. The summed E-state index contributed by atoms with van der Waals surface area (Å²) in [6, 6.07) is 6.29. The molecule has 0 N–H and O–H groups in total. The smallest absolute Gasteiger partial charge is 0.159 e. The molecule has 2 aliphatic rings. The quantitative estimate of drug-likeness (QED) is 0.635. The van der Waals surface area contributed by atoms with Crippen molar-refractivity contribution in [2.24, 2.45) is 5.92 Å². The fourth-order valence-electron chi connectivity index (χ4n) is 5.08. The summed E-state index contributed by atoms with van der Waals surface area (Å²) in [5, 5.41) is 5.70. The van der Waals surface area contributed by atoms with Crippen molar-refractivity contribution in [2.45, 2.75) is 46.2 Å². The van der Waals surface area contributed by atoms with Gasteiger partial charge in [-0.25, -0.2) is 19.0 Å². The third kappa shape index (κ3) is 3.69. The van der Waals surface area contributed by atoms with Crippen molar-refractivity contribution >= 4 is 16.7 Å². The Labute approximate surface area is 183 Å². The monoisotopic (exact) mass is 422 g/mol. The van der Waals surface area contributed by atoms with Crippen LogP contribution in [0.5, 0.6) is 0 Å². The standard InChI is InChI=1S/C24H31FN6/c1-5-29-7-6-19(21(25)14-29)20-9-22-18(8-16(20)3)11-26-31(22)24-10-23(27-17(4)28-24)30-12-15(2)13-30/h8-11,15,19,21H,5-7,12-14H2,1-4H3. The summed E-state index contributed by atoms with van der Waals surface area (Å²) in [7, 11) is 0. The van der Waals surface area contributed by atoms with Crippen LogP contribution < -0.4 is 4.90 Å². The molecule has 164 valence electrons. The summed E-state index contributed by atoms with van der Waals surface area (Å²) in [5.74, 6) is 3.08. The molecular weight excluding hydrogens is 391 g/mol. The highest BCUT2D eigenvalue weighted by Crippen LogP contribution is 2.35. The first-order chi connectivity index (χ1) is 14.9. The lowest BCUT2D eigenvalue weighted by Crippen LogP contribution is -2.45. The zero-order valence-corrected chi connectivity index (χ0v) is 18.8. The van der Waals surface area contributed by atoms with Crippen LogP contribution in [0.25, 0.3) is 16.7 Å². The summed E-state index contributed by atoms with van der Waals surface area (Å²) in [5.41, 5.74) is 3.21. The summed E-state index contributed by atoms with van der Waals surface area (Å²) >= 11 is 0. The number of rotatable bonds is 4. The number of benzene rings is 1. The fraction of sp³-hybridized carbons (Fsp3) is 0.542. The van der Waals surface area contributed by atoms with Crippen LogP contribution in [-0.2, 0) is 0 Å². The molecule has 2 aromatic heterocycles. The van der Waals surface area contributed by atoms with Crippen LogP contribution in [0.15, 0.2) is 24.4 Å². The minimum absolute atomic E-state index is 0.0687. The number of hydrogen-bond donors (Lipinski definition) is 0. The molecule has 0 amide bonds. The van der Waals surface area contributed by atoms with E-state index in [1.54, 1.807) is 0 Å². The molecule has 2 atom stereocenters. The van der Waals surface area contributed by atoms with Crippen molar-refractivity contribution in [3.8, 4) is 5.82 Å². The van der Waals surface area contributed by atoms with Crippen LogP contribution in [0, 0.1) is 19.8 Å². The van der Waals surface area contributed by atoms with Crippen molar-refractivity contribution in [1.29, 1.82) is 0 Å². The third-order valence-electron chi connectivity index (χ3n) is 6.84.